The molecular formula is C19H17NO3. The molecule has 2 aromatic carbocycles. The van der Waals surface area contributed by atoms with E-state index in [4.69, 9.17) is 0 Å². The molecule has 2 amide bonds. The number of aliphatic hydroxyl groups is 1. The minimum atomic E-state index is -0.681. The Hall–Kier alpha value is -2.88. The van der Waals surface area contributed by atoms with E-state index < -0.39 is 17.6 Å². The van der Waals surface area contributed by atoms with Gasteiger partial charge in [0.1, 0.15) is 0 Å². The molecule has 0 atom stereocenters. The topological polar surface area (TPSA) is 57.6 Å². The smallest absolute Gasteiger partial charge is 0.301 e. The van der Waals surface area contributed by atoms with Gasteiger partial charge < -0.3 is 5.11 Å². The zero-order chi connectivity index (χ0) is 16.7. The zero-order valence-electron chi connectivity index (χ0n) is 13.3. The van der Waals surface area contributed by atoms with Crippen LogP contribution in [-0.4, -0.2) is 16.9 Å². The van der Waals surface area contributed by atoms with Crippen LogP contribution in [0.5, 0.6) is 0 Å². The van der Waals surface area contributed by atoms with Gasteiger partial charge >= 0.3 is 5.91 Å². The van der Waals surface area contributed by atoms with Crippen molar-refractivity contribution in [3.8, 4) is 0 Å². The average Bonchev–Trinajstić information content (AvgIpc) is 2.73. The summed E-state index contributed by atoms with van der Waals surface area (Å²) in [6, 6.07) is 12.7. The summed E-state index contributed by atoms with van der Waals surface area (Å²) in [5.74, 6) is -1.68. The second-order valence-electron chi connectivity index (χ2n) is 5.83. The summed E-state index contributed by atoms with van der Waals surface area (Å²) < 4.78 is 0. The van der Waals surface area contributed by atoms with E-state index in [9.17, 15) is 14.7 Å². The highest BCUT2D eigenvalue weighted by Crippen LogP contribution is 2.33. The SMILES string of the molecule is Cc1ccc(C2=C(O)C(=O)N(c3cc(C)ccc3C)C2=O)cc1. The summed E-state index contributed by atoms with van der Waals surface area (Å²) >= 11 is 0. The number of imide groups is 1. The molecule has 2 aromatic rings. The van der Waals surface area contributed by atoms with Crippen molar-refractivity contribution in [3.63, 3.8) is 0 Å². The molecule has 0 spiro atoms. The van der Waals surface area contributed by atoms with E-state index in [2.05, 4.69) is 0 Å². The summed E-state index contributed by atoms with van der Waals surface area (Å²) in [5, 5.41) is 10.2. The second kappa shape index (κ2) is 5.39. The fourth-order valence-corrected chi connectivity index (χ4v) is 2.68. The highest BCUT2D eigenvalue weighted by molar-refractivity contribution is 6.45. The van der Waals surface area contributed by atoms with Gasteiger partial charge in [-0.15, -0.1) is 0 Å². The highest BCUT2D eigenvalue weighted by atomic mass is 16.3. The van der Waals surface area contributed by atoms with Crippen molar-refractivity contribution < 1.29 is 14.7 Å². The first kappa shape index (κ1) is 15.0. The molecule has 1 heterocycles. The molecule has 116 valence electrons. The third-order valence-electron chi connectivity index (χ3n) is 4.01. The Morgan fingerprint density at radius 3 is 2.09 bits per heavy atom. The number of anilines is 1. The van der Waals surface area contributed by atoms with Crippen LogP contribution in [0, 0.1) is 20.8 Å². The number of aliphatic hydroxyl groups excluding tert-OH is 1. The maximum atomic E-state index is 12.8. The van der Waals surface area contributed by atoms with E-state index in [1.54, 1.807) is 18.2 Å². The van der Waals surface area contributed by atoms with E-state index in [-0.39, 0.29) is 5.57 Å². The average molecular weight is 307 g/mol. The predicted molar refractivity (Wildman–Crippen MR) is 89.1 cm³/mol. The van der Waals surface area contributed by atoms with Crippen molar-refractivity contribution in [2.24, 2.45) is 0 Å². The normalized spacial score (nSPS) is 14.8. The van der Waals surface area contributed by atoms with Crippen molar-refractivity contribution in [1.82, 2.24) is 0 Å². The quantitative estimate of drug-likeness (QED) is 0.865. The van der Waals surface area contributed by atoms with Crippen LogP contribution in [0.3, 0.4) is 0 Å². The standard InChI is InChI=1S/C19H17NO3/c1-11-5-8-14(9-6-11)16-17(21)19(23)20(18(16)22)15-10-12(2)4-7-13(15)3/h4-10,21H,1-3H3. The second-order valence-corrected chi connectivity index (χ2v) is 5.83. The van der Waals surface area contributed by atoms with Crippen LogP contribution in [-0.2, 0) is 9.59 Å². The summed E-state index contributed by atoms with van der Waals surface area (Å²) in [7, 11) is 0. The number of benzene rings is 2. The van der Waals surface area contributed by atoms with Gasteiger partial charge in [-0.2, -0.15) is 0 Å². The lowest BCUT2D eigenvalue weighted by Gasteiger charge is -2.17. The number of amides is 2. The Labute approximate surface area is 134 Å². The van der Waals surface area contributed by atoms with Gasteiger partial charge in [0.15, 0.2) is 5.76 Å². The van der Waals surface area contributed by atoms with E-state index in [1.165, 1.54) is 0 Å². The number of hydrogen-bond donors (Lipinski definition) is 1. The molecule has 0 fully saturated rings. The van der Waals surface area contributed by atoms with Crippen LogP contribution < -0.4 is 4.90 Å². The van der Waals surface area contributed by atoms with E-state index in [0.717, 1.165) is 21.6 Å². The molecule has 4 nitrogen and oxygen atoms in total. The summed E-state index contributed by atoms with van der Waals surface area (Å²) in [5.41, 5.74) is 3.88. The predicted octanol–water partition coefficient (Wildman–Crippen LogP) is 3.45. The van der Waals surface area contributed by atoms with Crippen molar-refractivity contribution in [2.75, 3.05) is 4.90 Å². The first-order valence-electron chi connectivity index (χ1n) is 7.36. The molecule has 0 radical (unpaired) electrons. The Morgan fingerprint density at radius 1 is 0.826 bits per heavy atom. The fourth-order valence-electron chi connectivity index (χ4n) is 2.68. The minimum absolute atomic E-state index is 0.0518. The maximum Gasteiger partial charge on any atom is 0.301 e. The van der Waals surface area contributed by atoms with Gasteiger partial charge in [-0.05, 0) is 43.5 Å². The summed E-state index contributed by atoms with van der Waals surface area (Å²) in [4.78, 5) is 26.2. The number of carbonyl (C=O) groups excluding carboxylic acids is 2. The van der Waals surface area contributed by atoms with Crippen molar-refractivity contribution in [3.05, 3.63) is 70.5 Å². The highest BCUT2D eigenvalue weighted by Gasteiger charge is 2.40. The number of rotatable bonds is 2. The molecule has 1 N–H and O–H groups in total. The molecule has 3 rings (SSSR count). The van der Waals surface area contributed by atoms with E-state index in [0.29, 0.717) is 11.3 Å². The van der Waals surface area contributed by atoms with Gasteiger partial charge in [0.25, 0.3) is 5.91 Å². The maximum absolute atomic E-state index is 12.8. The van der Waals surface area contributed by atoms with Crippen LogP contribution in [0.2, 0.25) is 0 Å². The van der Waals surface area contributed by atoms with E-state index in [1.807, 2.05) is 45.0 Å². The lowest BCUT2D eigenvalue weighted by molar-refractivity contribution is -0.121. The Bertz CT molecular complexity index is 847. The van der Waals surface area contributed by atoms with Gasteiger partial charge in [-0.25, -0.2) is 4.90 Å². The fraction of sp³-hybridized carbons (Fsp3) is 0.158. The number of nitrogens with zero attached hydrogens (tertiary/aromatic N) is 1. The third-order valence-corrected chi connectivity index (χ3v) is 4.01. The Balaban J connectivity index is 2.09. The van der Waals surface area contributed by atoms with Crippen molar-refractivity contribution in [1.29, 1.82) is 0 Å². The van der Waals surface area contributed by atoms with Crippen LogP contribution >= 0.6 is 0 Å². The molecule has 0 saturated carbocycles. The molecular weight excluding hydrogens is 290 g/mol. The first-order valence-corrected chi connectivity index (χ1v) is 7.36. The molecule has 0 aromatic heterocycles. The van der Waals surface area contributed by atoms with Crippen LogP contribution in [0.1, 0.15) is 22.3 Å². The molecule has 0 saturated heterocycles. The molecule has 23 heavy (non-hydrogen) atoms. The zero-order valence-corrected chi connectivity index (χ0v) is 13.3. The number of carbonyl (C=O) groups is 2. The van der Waals surface area contributed by atoms with E-state index >= 15 is 0 Å². The van der Waals surface area contributed by atoms with Crippen LogP contribution in [0.4, 0.5) is 5.69 Å². The minimum Gasteiger partial charge on any atom is -0.502 e. The van der Waals surface area contributed by atoms with Crippen molar-refractivity contribution >= 4 is 23.1 Å². The lowest BCUT2D eigenvalue weighted by Crippen LogP contribution is -2.32. The lowest BCUT2D eigenvalue weighted by atomic mass is 10.0. The molecule has 0 bridgehead atoms. The summed E-state index contributed by atoms with van der Waals surface area (Å²) in [6.45, 7) is 5.65. The van der Waals surface area contributed by atoms with Gasteiger partial charge in [-0.1, -0.05) is 42.0 Å². The summed E-state index contributed by atoms with van der Waals surface area (Å²) in [6.07, 6.45) is 0. The molecule has 0 unspecified atom stereocenters. The van der Waals surface area contributed by atoms with Crippen molar-refractivity contribution in [2.45, 2.75) is 20.8 Å². The van der Waals surface area contributed by atoms with Gasteiger partial charge in [-0.3, -0.25) is 9.59 Å². The number of aryl methyl sites for hydroxylation is 3. The van der Waals surface area contributed by atoms with Crippen LogP contribution in [0.25, 0.3) is 5.57 Å². The van der Waals surface area contributed by atoms with Gasteiger partial charge in [0.2, 0.25) is 0 Å². The van der Waals surface area contributed by atoms with Crippen LogP contribution in [0.15, 0.2) is 48.2 Å². The first-order chi connectivity index (χ1) is 10.9. The molecule has 0 aliphatic carbocycles. The van der Waals surface area contributed by atoms with Gasteiger partial charge in [0, 0.05) is 0 Å². The monoisotopic (exact) mass is 307 g/mol. The Kier molecular flexibility index (Phi) is 3.52. The molecule has 1 aliphatic rings. The Morgan fingerprint density at radius 2 is 1.43 bits per heavy atom. The third kappa shape index (κ3) is 2.42. The largest absolute Gasteiger partial charge is 0.502 e. The molecule has 4 heteroatoms. The number of hydrogen-bond acceptors (Lipinski definition) is 3. The van der Waals surface area contributed by atoms with Gasteiger partial charge in [0.05, 0.1) is 11.3 Å². The molecule has 1 aliphatic heterocycles.